The van der Waals surface area contributed by atoms with E-state index < -0.39 is 29.6 Å². The maximum absolute atomic E-state index is 12.7. The van der Waals surface area contributed by atoms with Crippen LogP contribution in [-0.2, 0) is 38.0 Å². The van der Waals surface area contributed by atoms with Crippen LogP contribution in [-0.4, -0.2) is 124 Å². The minimum Gasteiger partial charge on any atom is -0.493 e. The molecule has 3 aromatic carbocycles. The molecule has 63 heavy (non-hydrogen) atoms. The Morgan fingerprint density at radius 1 is 0.683 bits per heavy atom. The van der Waals surface area contributed by atoms with E-state index in [1.165, 1.54) is 24.3 Å². The summed E-state index contributed by atoms with van der Waals surface area (Å²) in [6.07, 6.45) is -5.74. The lowest BCUT2D eigenvalue weighted by atomic mass is 9.98. The lowest BCUT2D eigenvalue weighted by Gasteiger charge is -2.38. The molecule has 350 valence electrons. The molecule has 0 saturated carbocycles. The number of carbonyl (C=O) groups is 2. The minimum atomic E-state index is -4.35. The number of benzene rings is 3. The van der Waals surface area contributed by atoms with Crippen LogP contribution in [0.15, 0.2) is 78.9 Å². The number of ether oxygens (including phenoxy) is 5. The normalized spacial score (nSPS) is 22.0. The zero-order valence-corrected chi connectivity index (χ0v) is 34.0. The molecular formula is C46H62F6N4O7. The van der Waals surface area contributed by atoms with Crippen molar-refractivity contribution >= 4 is 12.0 Å². The van der Waals surface area contributed by atoms with E-state index in [9.17, 15) is 35.9 Å². The van der Waals surface area contributed by atoms with Gasteiger partial charge in [0.2, 0.25) is 0 Å². The number of piperidine rings is 2. The smallest absolute Gasteiger partial charge is 0.416 e. The Labute approximate surface area is 366 Å². The zero-order valence-electron chi connectivity index (χ0n) is 34.0. The zero-order chi connectivity index (χ0) is 43.2. The van der Waals surface area contributed by atoms with Crippen LogP contribution < -0.4 is 14.8 Å². The van der Waals surface area contributed by atoms with E-state index in [1.54, 1.807) is 4.90 Å². The van der Waals surface area contributed by atoms with E-state index in [1.807, 2.05) is 35.2 Å². The van der Waals surface area contributed by atoms with Crippen molar-refractivity contribution in [3.05, 3.63) is 95.6 Å². The molecule has 4 saturated heterocycles. The molecule has 0 radical (unpaired) electrons. The molecule has 4 unspecified atom stereocenters. The maximum atomic E-state index is 12.7. The molecule has 2 amide bonds. The van der Waals surface area contributed by atoms with Crippen LogP contribution in [0.25, 0.3) is 0 Å². The van der Waals surface area contributed by atoms with Crippen LogP contribution in [0.3, 0.4) is 0 Å². The van der Waals surface area contributed by atoms with Gasteiger partial charge >= 0.3 is 18.4 Å². The van der Waals surface area contributed by atoms with Crippen LogP contribution in [0.2, 0.25) is 0 Å². The molecule has 0 bridgehead atoms. The topological polar surface area (TPSA) is 102 Å². The number of nitrogens with one attached hydrogen (secondary N) is 1. The van der Waals surface area contributed by atoms with E-state index in [0.717, 1.165) is 75.1 Å². The standard InChI is InChI=1S/C26H31F3N2O4.C18H23F3N2O3.2CH4/c27-26(28,29)22-8-10-23(11-9-22)34-19-21-7-4-12-30(15-21)16-24-17-31(13-14-33-24)25(32)35-18-20-5-2-1-3-6-20;19-18(20,21)14-3-5-15(6-4-14)26-12-13-2-1-8-23(11-13)17(24)16-10-22-7-9-25-16;;/h1-3,5-6,8-11,21,24H,4,7,12-19H2;3-6,13,16,22H,1-2,7-12H2;2*1H4. The number of likely N-dealkylation sites (tertiary alicyclic amines) is 2. The van der Waals surface area contributed by atoms with Gasteiger partial charge in [0.05, 0.1) is 50.2 Å². The number of carbonyl (C=O) groups excluding carboxylic acids is 2. The summed E-state index contributed by atoms with van der Waals surface area (Å²) in [6.45, 7) is 8.10. The first-order valence-electron chi connectivity index (χ1n) is 20.8. The highest BCUT2D eigenvalue weighted by atomic mass is 19.4. The van der Waals surface area contributed by atoms with Crippen molar-refractivity contribution in [2.45, 2.75) is 71.7 Å². The van der Waals surface area contributed by atoms with Gasteiger partial charge < -0.3 is 43.7 Å². The SMILES string of the molecule is C.C.O=C(C1CNCCO1)N1CCCC(COc2ccc(C(F)(F)F)cc2)C1.O=C(OCc1ccccc1)N1CCOC(CN2CCCC(COc3ccc(C(F)(F)F)cc3)C2)C1. The minimum absolute atomic E-state index is 0. The van der Waals surface area contributed by atoms with Crippen LogP contribution in [0, 0.1) is 11.8 Å². The molecule has 3 aromatic rings. The highest BCUT2D eigenvalue weighted by Crippen LogP contribution is 2.32. The number of nitrogens with zero attached hydrogens (tertiary/aromatic N) is 3. The molecular weight excluding hydrogens is 835 g/mol. The second-order valence-electron chi connectivity index (χ2n) is 15.8. The van der Waals surface area contributed by atoms with Gasteiger partial charge in [0.15, 0.2) is 0 Å². The molecule has 7 rings (SSSR count). The molecule has 17 heteroatoms. The average molecular weight is 897 g/mol. The Bertz CT molecular complexity index is 1800. The first-order valence-corrected chi connectivity index (χ1v) is 20.8. The third-order valence-corrected chi connectivity index (χ3v) is 11.0. The third-order valence-electron chi connectivity index (χ3n) is 11.0. The quantitative estimate of drug-likeness (QED) is 0.190. The van der Waals surface area contributed by atoms with Crippen molar-refractivity contribution in [2.24, 2.45) is 11.8 Å². The highest BCUT2D eigenvalue weighted by Gasteiger charge is 2.33. The predicted octanol–water partition coefficient (Wildman–Crippen LogP) is 8.42. The number of hydrogen-bond acceptors (Lipinski definition) is 9. The van der Waals surface area contributed by atoms with E-state index in [4.69, 9.17) is 23.7 Å². The molecule has 4 heterocycles. The van der Waals surface area contributed by atoms with E-state index in [0.29, 0.717) is 77.2 Å². The van der Waals surface area contributed by atoms with Crippen LogP contribution in [0.5, 0.6) is 11.5 Å². The summed E-state index contributed by atoms with van der Waals surface area (Å²) in [5.41, 5.74) is -0.428. The molecule has 1 N–H and O–H groups in total. The summed E-state index contributed by atoms with van der Waals surface area (Å²) in [4.78, 5) is 30.9. The molecule has 4 atom stereocenters. The fourth-order valence-electron chi connectivity index (χ4n) is 7.78. The number of alkyl halides is 6. The lowest BCUT2D eigenvalue weighted by Crippen LogP contribution is -2.52. The molecule has 4 aliphatic rings. The molecule has 4 aliphatic heterocycles. The van der Waals surface area contributed by atoms with Crippen LogP contribution >= 0.6 is 0 Å². The fraction of sp³-hybridized carbons (Fsp3) is 0.565. The van der Waals surface area contributed by atoms with Crippen LogP contribution in [0.4, 0.5) is 31.1 Å². The van der Waals surface area contributed by atoms with Gasteiger partial charge in [-0.25, -0.2) is 4.79 Å². The molecule has 0 spiro atoms. The largest absolute Gasteiger partial charge is 0.493 e. The average Bonchev–Trinajstić information content (AvgIpc) is 3.27. The summed E-state index contributed by atoms with van der Waals surface area (Å²) in [6, 6.07) is 19.1. The Kier molecular flexibility index (Phi) is 19.8. The number of amides is 2. The van der Waals surface area contributed by atoms with Crippen molar-refractivity contribution < 1.29 is 59.6 Å². The van der Waals surface area contributed by atoms with Crippen molar-refractivity contribution in [1.29, 1.82) is 0 Å². The summed E-state index contributed by atoms with van der Waals surface area (Å²) in [5.74, 6) is 1.28. The first kappa shape index (κ1) is 51.1. The van der Waals surface area contributed by atoms with Gasteiger partial charge in [0, 0.05) is 57.6 Å². The number of rotatable bonds is 11. The molecule has 0 aromatic heterocycles. The van der Waals surface area contributed by atoms with Crippen LogP contribution in [0.1, 0.15) is 57.2 Å². The second-order valence-corrected chi connectivity index (χ2v) is 15.8. The van der Waals surface area contributed by atoms with Gasteiger partial charge in [0.1, 0.15) is 24.2 Å². The van der Waals surface area contributed by atoms with Gasteiger partial charge in [-0.3, -0.25) is 4.79 Å². The second kappa shape index (κ2) is 24.5. The lowest BCUT2D eigenvalue weighted by molar-refractivity contribution is -0.147. The third kappa shape index (κ3) is 16.2. The Hall–Kier alpha value is -4.58. The Morgan fingerprint density at radius 2 is 1.27 bits per heavy atom. The summed E-state index contributed by atoms with van der Waals surface area (Å²) < 4.78 is 104. The summed E-state index contributed by atoms with van der Waals surface area (Å²) in [7, 11) is 0. The number of halogens is 6. The van der Waals surface area contributed by atoms with Gasteiger partial charge in [-0.15, -0.1) is 0 Å². The van der Waals surface area contributed by atoms with Gasteiger partial charge in [-0.1, -0.05) is 45.2 Å². The Morgan fingerprint density at radius 3 is 1.84 bits per heavy atom. The highest BCUT2D eigenvalue weighted by molar-refractivity contribution is 5.81. The molecule has 4 fully saturated rings. The number of morpholine rings is 2. The van der Waals surface area contributed by atoms with Crippen molar-refractivity contribution in [1.82, 2.24) is 20.0 Å². The first-order chi connectivity index (χ1) is 29.3. The van der Waals surface area contributed by atoms with Crippen molar-refractivity contribution in [3.63, 3.8) is 0 Å². The van der Waals surface area contributed by atoms with E-state index >= 15 is 0 Å². The Balaban J connectivity index is 0.000000279. The van der Waals surface area contributed by atoms with Crippen molar-refractivity contribution in [2.75, 3.05) is 85.3 Å². The summed E-state index contributed by atoms with van der Waals surface area (Å²) >= 11 is 0. The predicted molar refractivity (Wildman–Crippen MR) is 226 cm³/mol. The van der Waals surface area contributed by atoms with Gasteiger partial charge in [-0.05, 0) is 86.3 Å². The van der Waals surface area contributed by atoms with Gasteiger partial charge in [0.25, 0.3) is 5.91 Å². The molecule has 11 nitrogen and oxygen atoms in total. The van der Waals surface area contributed by atoms with E-state index in [2.05, 4.69) is 10.2 Å². The molecule has 0 aliphatic carbocycles. The van der Waals surface area contributed by atoms with Gasteiger partial charge in [-0.2, -0.15) is 26.3 Å². The van der Waals surface area contributed by atoms with E-state index in [-0.39, 0.29) is 51.4 Å². The number of hydrogen-bond donors (Lipinski definition) is 1. The van der Waals surface area contributed by atoms with Crippen molar-refractivity contribution in [3.8, 4) is 11.5 Å². The maximum Gasteiger partial charge on any atom is 0.416 e. The monoisotopic (exact) mass is 896 g/mol. The fourth-order valence-corrected chi connectivity index (χ4v) is 7.78. The summed E-state index contributed by atoms with van der Waals surface area (Å²) in [5, 5.41) is 3.15.